The van der Waals surface area contributed by atoms with E-state index in [1.807, 2.05) is 0 Å². The van der Waals surface area contributed by atoms with Gasteiger partial charge in [0.1, 0.15) is 0 Å². The Hall–Kier alpha value is -1.45. The predicted octanol–water partition coefficient (Wildman–Crippen LogP) is 0.623. The summed E-state index contributed by atoms with van der Waals surface area (Å²) in [7, 11) is -7.34. The fraction of sp³-hybridized carbons (Fsp3) is 0.417. The van der Waals surface area contributed by atoms with E-state index in [1.165, 1.54) is 25.1 Å². The standard InChI is InChI=1S/C12H17NO6S2/c1-2-20(16,17)10-5-3-6-11(9-10)21(18,19)13-8-4-7-12(14)15/h3,5-6,9,13H,2,4,7-8H2,1H3,(H,14,15). The van der Waals surface area contributed by atoms with Crippen LogP contribution < -0.4 is 4.72 Å². The maximum atomic E-state index is 12.0. The fourth-order valence-electron chi connectivity index (χ4n) is 1.53. The molecule has 21 heavy (non-hydrogen) atoms. The van der Waals surface area contributed by atoms with Gasteiger partial charge in [-0.05, 0) is 24.6 Å². The molecule has 0 heterocycles. The molecule has 0 atom stereocenters. The van der Waals surface area contributed by atoms with Gasteiger partial charge in [-0.1, -0.05) is 13.0 Å². The van der Waals surface area contributed by atoms with Crippen LogP contribution in [0.5, 0.6) is 0 Å². The van der Waals surface area contributed by atoms with E-state index in [1.54, 1.807) is 0 Å². The zero-order valence-electron chi connectivity index (χ0n) is 11.4. The first-order valence-electron chi connectivity index (χ1n) is 6.23. The number of carboxylic acids is 1. The highest BCUT2D eigenvalue weighted by Crippen LogP contribution is 2.16. The average Bonchev–Trinajstić information content (AvgIpc) is 2.43. The minimum absolute atomic E-state index is 0.0284. The Kier molecular flexibility index (Phi) is 5.87. The van der Waals surface area contributed by atoms with Gasteiger partial charge in [0.15, 0.2) is 9.84 Å². The molecule has 7 nitrogen and oxygen atoms in total. The second-order valence-corrected chi connectivity index (χ2v) is 8.32. The molecule has 1 rings (SSSR count). The fourth-order valence-corrected chi connectivity index (χ4v) is 3.65. The Balaban J connectivity index is 2.89. The van der Waals surface area contributed by atoms with Crippen LogP contribution in [0.15, 0.2) is 34.1 Å². The van der Waals surface area contributed by atoms with Crippen molar-refractivity contribution in [2.75, 3.05) is 12.3 Å². The smallest absolute Gasteiger partial charge is 0.303 e. The molecule has 0 spiro atoms. The molecule has 9 heteroatoms. The second-order valence-electron chi connectivity index (χ2n) is 4.27. The number of hydrogen-bond donors (Lipinski definition) is 2. The summed E-state index contributed by atoms with van der Waals surface area (Å²) < 4.78 is 49.7. The van der Waals surface area contributed by atoms with Crippen molar-refractivity contribution in [2.45, 2.75) is 29.6 Å². The van der Waals surface area contributed by atoms with Gasteiger partial charge < -0.3 is 5.11 Å². The van der Waals surface area contributed by atoms with Crippen molar-refractivity contribution >= 4 is 25.8 Å². The van der Waals surface area contributed by atoms with Crippen LogP contribution in [0.3, 0.4) is 0 Å². The van der Waals surface area contributed by atoms with Crippen LogP contribution in [0.1, 0.15) is 19.8 Å². The summed E-state index contributed by atoms with van der Waals surface area (Å²) >= 11 is 0. The number of carboxylic acid groups (broad SMARTS) is 1. The number of carbonyl (C=O) groups is 1. The second kappa shape index (κ2) is 7.01. The number of aliphatic carboxylic acids is 1. The Bertz CT molecular complexity index is 709. The average molecular weight is 335 g/mol. The first-order valence-corrected chi connectivity index (χ1v) is 9.37. The molecule has 0 saturated carbocycles. The summed E-state index contributed by atoms with van der Waals surface area (Å²) in [6.07, 6.45) is 0.00822. The van der Waals surface area contributed by atoms with E-state index in [-0.39, 0.29) is 34.9 Å². The van der Waals surface area contributed by atoms with E-state index in [2.05, 4.69) is 4.72 Å². The van der Waals surface area contributed by atoms with Crippen molar-refractivity contribution in [1.29, 1.82) is 0 Å². The van der Waals surface area contributed by atoms with Crippen molar-refractivity contribution in [2.24, 2.45) is 0 Å². The number of sulfone groups is 1. The molecule has 0 unspecified atom stereocenters. The number of benzene rings is 1. The summed E-state index contributed by atoms with van der Waals surface area (Å²) in [4.78, 5) is 10.1. The third-order valence-electron chi connectivity index (χ3n) is 2.71. The zero-order valence-corrected chi connectivity index (χ0v) is 13.1. The van der Waals surface area contributed by atoms with E-state index in [0.717, 1.165) is 6.07 Å². The van der Waals surface area contributed by atoms with E-state index in [0.29, 0.717) is 0 Å². The summed E-state index contributed by atoms with van der Waals surface area (Å²) in [5, 5.41) is 8.47. The topological polar surface area (TPSA) is 118 Å². The SMILES string of the molecule is CCS(=O)(=O)c1cccc(S(=O)(=O)NCCCC(=O)O)c1. The summed E-state index contributed by atoms with van der Waals surface area (Å²) in [6.45, 7) is 1.44. The molecule has 0 saturated heterocycles. The molecule has 0 radical (unpaired) electrons. The van der Waals surface area contributed by atoms with E-state index in [9.17, 15) is 21.6 Å². The van der Waals surface area contributed by atoms with Crippen LogP contribution in [0.2, 0.25) is 0 Å². The van der Waals surface area contributed by atoms with Crippen molar-refractivity contribution in [1.82, 2.24) is 4.72 Å². The Morgan fingerprint density at radius 3 is 2.38 bits per heavy atom. The van der Waals surface area contributed by atoms with E-state index in [4.69, 9.17) is 5.11 Å². The predicted molar refractivity (Wildman–Crippen MR) is 76.2 cm³/mol. The highest BCUT2D eigenvalue weighted by Gasteiger charge is 2.18. The molecule has 1 aromatic rings. The van der Waals surface area contributed by atoms with Crippen LogP contribution in [-0.4, -0.2) is 40.2 Å². The van der Waals surface area contributed by atoms with Gasteiger partial charge in [-0.3, -0.25) is 4.79 Å². The Labute approximate surface area is 124 Å². The summed E-state index contributed by atoms with van der Waals surface area (Å²) in [5.74, 6) is -1.13. The van der Waals surface area contributed by atoms with Crippen molar-refractivity contribution in [3.05, 3.63) is 24.3 Å². The van der Waals surface area contributed by atoms with Gasteiger partial charge in [0.25, 0.3) is 0 Å². The molecule has 0 aliphatic rings. The Morgan fingerprint density at radius 2 is 1.81 bits per heavy atom. The normalized spacial score (nSPS) is 12.2. The molecular weight excluding hydrogens is 318 g/mol. The molecule has 0 aromatic heterocycles. The van der Waals surface area contributed by atoms with Crippen LogP contribution in [0.4, 0.5) is 0 Å². The number of sulfonamides is 1. The van der Waals surface area contributed by atoms with E-state index >= 15 is 0 Å². The number of rotatable bonds is 8. The lowest BCUT2D eigenvalue weighted by atomic mass is 10.3. The summed E-state index contributed by atoms with van der Waals surface area (Å²) in [6, 6.07) is 5.07. The maximum Gasteiger partial charge on any atom is 0.303 e. The van der Waals surface area contributed by atoms with Crippen LogP contribution >= 0.6 is 0 Å². The third-order valence-corrected chi connectivity index (χ3v) is 5.91. The molecule has 1 aromatic carbocycles. The lowest BCUT2D eigenvalue weighted by Gasteiger charge is -2.08. The molecule has 0 aliphatic carbocycles. The quantitative estimate of drug-likeness (QED) is 0.673. The molecule has 0 bridgehead atoms. The van der Waals surface area contributed by atoms with Crippen molar-refractivity contribution in [3.8, 4) is 0 Å². The highest BCUT2D eigenvalue weighted by molar-refractivity contribution is 7.91. The molecule has 0 fully saturated rings. The van der Waals surface area contributed by atoms with Gasteiger partial charge in [-0.15, -0.1) is 0 Å². The monoisotopic (exact) mass is 335 g/mol. The van der Waals surface area contributed by atoms with Crippen molar-refractivity contribution < 1.29 is 26.7 Å². The first-order chi connectivity index (χ1) is 9.69. The van der Waals surface area contributed by atoms with Gasteiger partial charge in [-0.2, -0.15) is 0 Å². The van der Waals surface area contributed by atoms with Gasteiger partial charge >= 0.3 is 5.97 Å². The van der Waals surface area contributed by atoms with Crippen LogP contribution in [-0.2, 0) is 24.7 Å². The largest absolute Gasteiger partial charge is 0.481 e. The lowest BCUT2D eigenvalue weighted by Crippen LogP contribution is -2.25. The number of hydrogen-bond acceptors (Lipinski definition) is 5. The number of nitrogens with one attached hydrogen (secondary N) is 1. The first kappa shape index (κ1) is 17.6. The maximum absolute atomic E-state index is 12.0. The van der Waals surface area contributed by atoms with Crippen molar-refractivity contribution in [3.63, 3.8) is 0 Å². The Morgan fingerprint density at radius 1 is 1.19 bits per heavy atom. The van der Waals surface area contributed by atoms with Crippen LogP contribution in [0.25, 0.3) is 0 Å². The molecule has 0 aliphatic heterocycles. The lowest BCUT2D eigenvalue weighted by molar-refractivity contribution is -0.137. The van der Waals surface area contributed by atoms with Crippen LogP contribution in [0, 0.1) is 0 Å². The minimum atomic E-state index is -3.86. The molecule has 0 amide bonds. The molecule has 118 valence electrons. The van der Waals surface area contributed by atoms with Gasteiger partial charge in [-0.25, -0.2) is 21.6 Å². The summed E-state index contributed by atoms with van der Waals surface area (Å²) in [5.41, 5.74) is 0. The highest BCUT2D eigenvalue weighted by atomic mass is 32.2. The zero-order chi connectivity index (χ0) is 16.1. The van der Waals surface area contributed by atoms with E-state index < -0.39 is 25.8 Å². The van der Waals surface area contributed by atoms with Gasteiger partial charge in [0.05, 0.1) is 15.5 Å². The van der Waals surface area contributed by atoms with Gasteiger partial charge in [0, 0.05) is 13.0 Å². The molecular formula is C12H17NO6S2. The molecule has 2 N–H and O–H groups in total. The third kappa shape index (κ3) is 5.10. The van der Waals surface area contributed by atoms with Gasteiger partial charge in [0.2, 0.25) is 10.0 Å². The minimum Gasteiger partial charge on any atom is -0.481 e.